The van der Waals surface area contributed by atoms with E-state index in [0.29, 0.717) is 0 Å². The van der Waals surface area contributed by atoms with E-state index in [4.69, 9.17) is 0 Å². The molecule has 3 atom stereocenters. The average molecular weight is 295 g/mol. The van der Waals surface area contributed by atoms with Crippen LogP contribution in [0.2, 0.25) is 0 Å². The largest absolute Gasteiger partial charge is 0.312 e. The van der Waals surface area contributed by atoms with Gasteiger partial charge in [0, 0.05) is 12.1 Å². The summed E-state index contributed by atoms with van der Waals surface area (Å²) in [5.74, 6) is 1.83. The zero-order valence-electron chi connectivity index (χ0n) is 14.7. The minimum atomic E-state index is 0.753. The van der Waals surface area contributed by atoms with Crippen molar-refractivity contribution in [1.29, 1.82) is 0 Å². The summed E-state index contributed by atoms with van der Waals surface area (Å²) >= 11 is 0. The molecule has 2 nitrogen and oxygen atoms in total. The molecule has 2 aliphatic rings. The van der Waals surface area contributed by atoms with Crippen LogP contribution in [0.5, 0.6) is 0 Å². The fourth-order valence-electron chi connectivity index (χ4n) is 4.44. The lowest BCUT2D eigenvalue weighted by molar-refractivity contribution is 0.150. The van der Waals surface area contributed by atoms with Gasteiger partial charge in [-0.3, -0.25) is 4.90 Å². The summed E-state index contributed by atoms with van der Waals surface area (Å²) in [6, 6.07) is 1.56. The topological polar surface area (TPSA) is 15.3 Å². The van der Waals surface area contributed by atoms with Crippen LogP contribution in [0.15, 0.2) is 0 Å². The van der Waals surface area contributed by atoms with Crippen molar-refractivity contribution in [3.8, 4) is 0 Å². The van der Waals surface area contributed by atoms with Gasteiger partial charge in [-0.25, -0.2) is 0 Å². The van der Waals surface area contributed by atoms with Crippen LogP contribution in [-0.2, 0) is 0 Å². The van der Waals surface area contributed by atoms with Crippen molar-refractivity contribution in [3.05, 3.63) is 0 Å². The molecule has 0 aromatic heterocycles. The maximum absolute atomic E-state index is 3.87. The second-order valence-electron chi connectivity index (χ2n) is 7.74. The Kier molecular flexibility index (Phi) is 7.53. The van der Waals surface area contributed by atoms with Crippen molar-refractivity contribution in [2.45, 2.75) is 90.6 Å². The summed E-state index contributed by atoms with van der Waals surface area (Å²) in [4.78, 5) is 2.86. The second kappa shape index (κ2) is 9.15. The van der Waals surface area contributed by atoms with Crippen LogP contribution in [-0.4, -0.2) is 36.6 Å². The Morgan fingerprint density at radius 1 is 0.952 bits per heavy atom. The average Bonchev–Trinajstić information content (AvgIpc) is 2.85. The summed E-state index contributed by atoms with van der Waals surface area (Å²) in [5.41, 5.74) is 0. The van der Waals surface area contributed by atoms with E-state index in [1.807, 2.05) is 0 Å². The SMILES string of the molecule is CCCNC1CCCCCC1N1CCCC(C(C)C)CC1. The first kappa shape index (κ1) is 17.3. The summed E-state index contributed by atoms with van der Waals surface area (Å²) in [6.07, 6.45) is 12.7. The Morgan fingerprint density at radius 2 is 1.76 bits per heavy atom. The van der Waals surface area contributed by atoms with E-state index in [1.54, 1.807) is 0 Å². The van der Waals surface area contributed by atoms with Crippen LogP contribution in [0.25, 0.3) is 0 Å². The molecule has 2 heteroatoms. The van der Waals surface area contributed by atoms with Gasteiger partial charge >= 0.3 is 0 Å². The van der Waals surface area contributed by atoms with Gasteiger partial charge in [-0.05, 0) is 70.0 Å². The second-order valence-corrected chi connectivity index (χ2v) is 7.74. The highest BCUT2D eigenvalue weighted by Crippen LogP contribution is 2.29. The number of nitrogens with zero attached hydrogens (tertiary/aromatic N) is 1. The van der Waals surface area contributed by atoms with Crippen LogP contribution >= 0.6 is 0 Å². The molecule has 21 heavy (non-hydrogen) atoms. The Morgan fingerprint density at radius 3 is 2.52 bits per heavy atom. The van der Waals surface area contributed by atoms with Crippen molar-refractivity contribution >= 4 is 0 Å². The molecule has 0 aromatic carbocycles. The lowest BCUT2D eigenvalue weighted by Crippen LogP contribution is -2.50. The number of nitrogens with one attached hydrogen (secondary N) is 1. The molecule has 124 valence electrons. The van der Waals surface area contributed by atoms with Gasteiger partial charge in [0.2, 0.25) is 0 Å². The molecule has 0 radical (unpaired) electrons. The monoisotopic (exact) mass is 294 g/mol. The first-order chi connectivity index (χ1) is 10.2. The van der Waals surface area contributed by atoms with Gasteiger partial charge in [-0.2, -0.15) is 0 Å². The lowest BCUT2D eigenvalue weighted by Gasteiger charge is -2.36. The molecule has 1 saturated carbocycles. The summed E-state index contributed by atoms with van der Waals surface area (Å²) in [7, 11) is 0. The molecule has 3 unspecified atom stereocenters. The van der Waals surface area contributed by atoms with Crippen molar-refractivity contribution in [1.82, 2.24) is 10.2 Å². The highest BCUT2D eigenvalue weighted by Gasteiger charge is 2.30. The van der Waals surface area contributed by atoms with Crippen molar-refractivity contribution in [3.63, 3.8) is 0 Å². The third-order valence-electron chi connectivity index (χ3n) is 5.86. The third kappa shape index (κ3) is 5.25. The smallest absolute Gasteiger partial charge is 0.0249 e. The first-order valence-corrected chi connectivity index (χ1v) is 9.69. The number of likely N-dealkylation sites (tertiary alicyclic amines) is 1. The van der Waals surface area contributed by atoms with Gasteiger partial charge in [0.05, 0.1) is 0 Å². The van der Waals surface area contributed by atoms with E-state index in [2.05, 4.69) is 31.0 Å². The summed E-state index contributed by atoms with van der Waals surface area (Å²) in [5, 5.41) is 3.87. The molecule has 0 amide bonds. The molecule has 1 heterocycles. The van der Waals surface area contributed by atoms with Crippen molar-refractivity contribution < 1.29 is 0 Å². The highest BCUT2D eigenvalue weighted by atomic mass is 15.2. The fraction of sp³-hybridized carbons (Fsp3) is 1.00. The Labute approximate surface area is 133 Å². The first-order valence-electron chi connectivity index (χ1n) is 9.69. The van der Waals surface area contributed by atoms with E-state index in [9.17, 15) is 0 Å². The minimum absolute atomic E-state index is 0.753. The van der Waals surface area contributed by atoms with Crippen LogP contribution in [0.3, 0.4) is 0 Å². The highest BCUT2D eigenvalue weighted by molar-refractivity contribution is 4.88. The zero-order valence-corrected chi connectivity index (χ0v) is 14.7. The van der Waals surface area contributed by atoms with E-state index >= 15 is 0 Å². The van der Waals surface area contributed by atoms with Gasteiger partial charge in [0.15, 0.2) is 0 Å². The predicted molar refractivity (Wildman–Crippen MR) is 92.7 cm³/mol. The molecule has 1 saturated heterocycles. The van der Waals surface area contributed by atoms with Gasteiger partial charge < -0.3 is 5.32 Å². The summed E-state index contributed by atoms with van der Waals surface area (Å²) < 4.78 is 0. The standard InChI is InChI=1S/C19H38N2/c1-4-13-20-18-10-6-5-7-11-19(18)21-14-8-9-17(12-15-21)16(2)3/h16-20H,4-15H2,1-3H3. The third-order valence-corrected chi connectivity index (χ3v) is 5.86. The molecule has 2 fully saturated rings. The quantitative estimate of drug-likeness (QED) is 0.754. The Bertz CT molecular complexity index is 277. The van der Waals surface area contributed by atoms with E-state index in [-0.39, 0.29) is 0 Å². The van der Waals surface area contributed by atoms with E-state index in [0.717, 1.165) is 23.9 Å². The maximum Gasteiger partial charge on any atom is 0.0249 e. The molecular weight excluding hydrogens is 256 g/mol. The van der Waals surface area contributed by atoms with Crippen LogP contribution in [0.4, 0.5) is 0 Å². The van der Waals surface area contributed by atoms with Crippen molar-refractivity contribution in [2.75, 3.05) is 19.6 Å². The van der Waals surface area contributed by atoms with Gasteiger partial charge in [0.1, 0.15) is 0 Å². The minimum Gasteiger partial charge on any atom is -0.312 e. The molecule has 1 aliphatic carbocycles. The molecule has 0 spiro atoms. The lowest BCUT2D eigenvalue weighted by atomic mass is 9.89. The maximum atomic E-state index is 3.87. The van der Waals surface area contributed by atoms with Gasteiger partial charge in [-0.1, -0.05) is 40.0 Å². The van der Waals surface area contributed by atoms with Gasteiger partial charge in [0.25, 0.3) is 0 Å². The number of hydrogen-bond donors (Lipinski definition) is 1. The molecule has 1 aliphatic heterocycles. The molecule has 1 N–H and O–H groups in total. The van der Waals surface area contributed by atoms with Crippen LogP contribution in [0.1, 0.15) is 78.6 Å². The van der Waals surface area contributed by atoms with Gasteiger partial charge in [-0.15, -0.1) is 0 Å². The zero-order chi connectivity index (χ0) is 15.1. The van der Waals surface area contributed by atoms with E-state index in [1.165, 1.54) is 77.4 Å². The van der Waals surface area contributed by atoms with E-state index < -0.39 is 0 Å². The molecule has 2 rings (SSSR count). The van der Waals surface area contributed by atoms with Crippen LogP contribution in [0, 0.1) is 11.8 Å². The normalized spacial score (nSPS) is 32.9. The fourth-order valence-corrected chi connectivity index (χ4v) is 4.44. The Hall–Kier alpha value is -0.0800. The Balaban J connectivity index is 1.95. The predicted octanol–water partition coefficient (Wildman–Crippen LogP) is 4.45. The number of hydrogen-bond acceptors (Lipinski definition) is 2. The molecule has 0 bridgehead atoms. The van der Waals surface area contributed by atoms with Crippen molar-refractivity contribution in [2.24, 2.45) is 11.8 Å². The van der Waals surface area contributed by atoms with Crippen LogP contribution < -0.4 is 5.32 Å². The summed E-state index contributed by atoms with van der Waals surface area (Å²) in [6.45, 7) is 11.0. The molecular formula is C19H38N2. The number of rotatable bonds is 5. The molecule has 0 aromatic rings.